The van der Waals surface area contributed by atoms with Crippen LogP contribution in [0.3, 0.4) is 0 Å². The molecule has 3 N–H and O–H groups in total. The largest absolute Gasteiger partial charge is 0.494 e. The molecule has 270 valence electrons. The number of nitro groups is 1. The monoisotopic (exact) mass is 755 g/mol. The smallest absolute Gasteiger partial charge is 0.276 e. The lowest BCUT2D eigenvalue weighted by Gasteiger charge is -2.17. The van der Waals surface area contributed by atoms with Gasteiger partial charge in [-0.3, -0.25) is 24.5 Å². The number of hydrogen-bond donors (Lipinski definition) is 3. The van der Waals surface area contributed by atoms with E-state index in [1.54, 1.807) is 60.7 Å². The second-order valence-corrected chi connectivity index (χ2v) is 13.6. The predicted octanol–water partition coefficient (Wildman–Crippen LogP) is 9.00. The van der Waals surface area contributed by atoms with Crippen molar-refractivity contribution in [2.24, 2.45) is 0 Å². The Morgan fingerprint density at radius 2 is 1.52 bits per heavy atom. The van der Waals surface area contributed by atoms with Crippen LogP contribution < -0.4 is 20.7 Å². The molecule has 0 fully saturated rings. The van der Waals surface area contributed by atoms with Gasteiger partial charge in [-0.1, -0.05) is 60.7 Å². The van der Waals surface area contributed by atoms with E-state index in [-0.39, 0.29) is 22.9 Å². The van der Waals surface area contributed by atoms with E-state index in [1.807, 2.05) is 66.9 Å². The highest BCUT2D eigenvalue weighted by Gasteiger charge is 2.24. The molecule has 1 heterocycles. The second-order valence-electron chi connectivity index (χ2n) is 11.6. The lowest BCUT2D eigenvalue weighted by molar-refractivity contribution is -0.385. The van der Waals surface area contributed by atoms with Gasteiger partial charge in [0.2, 0.25) is 5.91 Å². The fourth-order valence-electron chi connectivity index (χ4n) is 5.25. The molecule has 1 aromatic heterocycles. The van der Waals surface area contributed by atoms with Crippen molar-refractivity contribution < 1.29 is 24.0 Å². The van der Waals surface area contributed by atoms with Gasteiger partial charge in [0.15, 0.2) is 5.13 Å². The van der Waals surface area contributed by atoms with Crippen molar-refractivity contribution >= 4 is 63.4 Å². The number of thiazole rings is 1. The van der Waals surface area contributed by atoms with E-state index in [4.69, 9.17) is 4.74 Å². The van der Waals surface area contributed by atoms with Crippen LogP contribution in [-0.4, -0.2) is 34.2 Å². The van der Waals surface area contributed by atoms with E-state index >= 15 is 0 Å². The molecule has 13 heteroatoms. The van der Waals surface area contributed by atoms with E-state index in [1.165, 1.54) is 47.4 Å². The van der Waals surface area contributed by atoms with Crippen molar-refractivity contribution in [3.05, 3.63) is 171 Å². The van der Waals surface area contributed by atoms with E-state index in [0.717, 1.165) is 27.5 Å². The number of benzene rings is 5. The summed E-state index contributed by atoms with van der Waals surface area (Å²) in [5.41, 5.74) is 2.86. The summed E-state index contributed by atoms with van der Waals surface area (Å²) in [5.74, 6) is -0.728. The topological polar surface area (TPSA) is 153 Å². The first-order chi connectivity index (χ1) is 26.3. The third-order valence-corrected chi connectivity index (χ3v) is 9.89. The van der Waals surface area contributed by atoms with Crippen molar-refractivity contribution in [2.75, 3.05) is 17.2 Å². The van der Waals surface area contributed by atoms with Gasteiger partial charge in [-0.15, -0.1) is 23.1 Å². The Hall–Kier alpha value is -6.57. The number of nitrogens with one attached hydrogen (secondary N) is 3. The molecule has 0 saturated heterocycles. The van der Waals surface area contributed by atoms with E-state index in [2.05, 4.69) is 20.9 Å². The van der Waals surface area contributed by atoms with Crippen LogP contribution in [0.25, 0.3) is 17.3 Å². The maximum absolute atomic E-state index is 13.8. The minimum Gasteiger partial charge on any atom is -0.494 e. The Morgan fingerprint density at radius 3 is 2.20 bits per heavy atom. The van der Waals surface area contributed by atoms with Gasteiger partial charge in [0.1, 0.15) is 16.7 Å². The van der Waals surface area contributed by atoms with Crippen LogP contribution >= 0.6 is 23.1 Å². The standard InChI is InChI=1S/C41H33N5O6S2/c1-2-52-32-21-17-27(18-22-32)35-26-53-41(44-35)45-40(49)37(28-11-5-3-6-12-28)54-33-23-19-31(20-24-33)42-39(48)34(43-38(47)29-13-7-4-8-14-29)25-30-15-9-10-16-36(30)46(50)51/h3-26,37H,2H2,1H3,(H,42,48)(H,43,47)(H,44,45,49)/b34-25-. The maximum Gasteiger partial charge on any atom is 0.276 e. The van der Waals surface area contributed by atoms with Crippen molar-refractivity contribution in [1.82, 2.24) is 10.3 Å². The number of nitrogens with zero attached hydrogens (tertiary/aromatic N) is 2. The summed E-state index contributed by atoms with van der Waals surface area (Å²) in [5, 5.41) is 21.7. The quantitative estimate of drug-likeness (QED) is 0.0431. The molecule has 3 amide bonds. The third-order valence-electron chi connectivity index (χ3n) is 7.86. The molecule has 0 aliphatic heterocycles. The first-order valence-corrected chi connectivity index (χ1v) is 18.5. The van der Waals surface area contributed by atoms with Crippen molar-refractivity contribution in [2.45, 2.75) is 17.1 Å². The summed E-state index contributed by atoms with van der Waals surface area (Å²) < 4.78 is 5.53. The molecule has 5 aromatic carbocycles. The minimum absolute atomic E-state index is 0.142. The molecule has 6 aromatic rings. The van der Waals surface area contributed by atoms with Gasteiger partial charge in [-0.2, -0.15) is 0 Å². The van der Waals surface area contributed by atoms with Crippen LogP contribution in [0.1, 0.15) is 33.7 Å². The van der Waals surface area contributed by atoms with Gasteiger partial charge in [0.25, 0.3) is 17.5 Å². The first-order valence-electron chi connectivity index (χ1n) is 16.7. The summed E-state index contributed by atoms with van der Waals surface area (Å²) in [7, 11) is 0. The van der Waals surface area contributed by atoms with Gasteiger partial charge in [-0.25, -0.2) is 4.98 Å². The molecule has 1 unspecified atom stereocenters. The first kappa shape index (κ1) is 37.2. The third kappa shape index (κ3) is 9.64. The molecule has 11 nitrogen and oxygen atoms in total. The summed E-state index contributed by atoms with van der Waals surface area (Å²) in [4.78, 5) is 56.9. The van der Waals surface area contributed by atoms with Gasteiger partial charge in [0.05, 0.1) is 22.8 Å². The van der Waals surface area contributed by atoms with Crippen LogP contribution in [-0.2, 0) is 9.59 Å². The zero-order valence-electron chi connectivity index (χ0n) is 28.8. The zero-order chi connectivity index (χ0) is 37.9. The number of thioether (sulfide) groups is 1. The molecule has 0 saturated carbocycles. The molecule has 6 rings (SSSR count). The molecule has 0 bridgehead atoms. The number of carbonyl (C=O) groups excluding carboxylic acids is 3. The lowest BCUT2D eigenvalue weighted by atomic mass is 10.1. The fraction of sp³-hybridized carbons (Fsp3) is 0.0732. The van der Waals surface area contributed by atoms with Gasteiger partial charge in [-0.05, 0) is 85.3 Å². The minimum atomic E-state index is -0.688. The van der Waals surface area contributed by atoms with Gasteiger partial charge < -0.3 is 20.7 Å². The van der Waals surface area contributed by atoms with E-state index < -0.39 is 22.0 Å². The molecule has 1 atom stereocenters. The maximum atomic E-state index is 13.8. The number of hydrogen-bond acceptors (Lipinski definition) is 9. The van der Waals surface area contributed by atoms with Gasteiger partial charge in [0, 0.05) is 33.2 Å². The second kappa shape index (κ2) is 17.8. The Bertz CT molecular complexity index is 2280. The van der Waals surface area contributed by atoms with Gasteiger partial charge >= 0.3 is 0 Å². The average Bonchev–Trinajstić information content (AvgIpc) is 3.66. The number of ether oxygens (including phenoxy) is 1. The molecular formula is C41H33N5O6S2. The summed E-state index contributed by atoms with van der Waals surface area (Å²) >= 11 is 2.66. The van der Waals surface area contributed by atoms with E-state index in [9.17, 15) is 24.5 Å². The van der Waals surface area contributed by atoms with Crippen LogP contribution in [0.5, 0.6) is 5.75 Å². The highest BCUT2D eigenvalue weighted by molar-refractivity contribution is 8.00. The normalized spacial score (nSPS) is 11.6. The number of amides is 3. The van der Waals surface area contributed by atoms with Crippen molar-refractivity contribution in [3.63, 3.8) is 0 Å². The molecule has 0 aliphatic carbocycles. The SMILES string of the molecule is CCOc1ccc(-c2csc(NC(=O)C(Sc3ccc(NC(=O)/C(=C/c4ccccc4[N+](=O)[O-])NC(=O)c4ccccc4)cc3)c3ccccc3)n2)cc1. The Labute approximate surface area is 319 Å². The number of anilines is 2. The summed E-state index contributed by atoms with van der Waals surface area (Å²) in [6.45, 7) is 2.51. The van der Waals surface area contributed by atoms with E-state index in [0.29, 0.717) is 23.0 Å². The molecular weight excluding hydrogens is 723 g/mol. The average molecular weight is 756 g/mol. The van der Waals surface area contributed by atoms with Crippen LogP contribution in [0.15, 0.2) is 149 Å². The number of rotatable bonds is 14. The zero-order valence-corrected chi connectivity index (χ0v) is 30.4. The summed E-state index contributed by atoms with van der Waals surface area (Å²) in [6.07, 6.45) is 1.27. The van der Waals surface area contributed by atoms with Crippen LogP contribution in [0.4, 0.5) is 16.5 Å². The Kier molecular flexibility index (Phi) is 12.2. The molecule has 0 spiro atoms. The van der Waals surface area contributed by atoms with Crippen LogP contribution in [0, 0.1) is 10.1 Å². The number of para-hydroxylation sites is 1. The Balaban J connectivity index is 1.18. The molecule has 54 heavy (non-hydrogen) atoms. The number of nitro benzene ring substituents is 1. The number of carbonyl (C=O) groups is 3. The number of aromatic nitrogens is 1. The lowest BCUT2D eigenvalue weighted by Crippen LogP contribution is -2.30. The molecule has 0 radical (unpaired) electrons. The van der Waals surface area contributed by atoms with Crippen LogP contribution in [0.2, 0.25) is 0 Å². The predicted molar refractivity (Wildman–Crippen MR) is 212 cm³/mol. The summed E-state index contributed by atoms with van der Waals surface area (Å²) in [6, 6.07) is 38.1. The van der Waals surface area contributed by atoms with Crippen molar-refractivity contribution in [3.8, 4) is 17.0 Å². The Morgan fingerprint density at radius 1 is 0.852 bits per heavy atom. The highest BCUT2D eigenvalue weighted by Crippen LogP contribution is 2.37. The van der Waals surface area contributed by atoms with Crippen molar-refractivity contribution in [1.29, 1.82) is 0 Å². The fourth-order valence-corrected chi connectivity index (χ4v) is 7.00. The molecule has 0 aliphatic rings. The highest BCUT2D eigenvalue weighted by atomic mass is 32.2.